The molecule has 0 unspecified atom stereocenters. The van der Waals surface area contributed by atoms with Gasteiger partial charge in [-0.1, -0.05) is 23.7 Å². The lowest BCUT2D eigenvalue weighted by molar-refractivity contribution is 0.286. The van der Waals surface area contributed by atoms with Crippen LogP contribution in [-0.4, -0.2) is 29.9 Å². The molecular formula is C30H28BClN4O4. The number of nitrogens with zero attached hydrogens (tertiary/aromatic N) is 3. The second-order valence-corrected chi connectivity index (χ2v) is 10.6. The Morgan fingerprint density at radius 1 is 1.23 bits per heavy atom. The highest BCUT2D eigenvalue weighted by Gasteiger charge is 2.29. The van der Waals surface area contributed by atoms with Crippen LogP contribution in [-0.2, 0) is 4.76 Å². The van der Waals surface area contributed by atoms with Crippen molar-refractivity contribution in [3.05, 3.63) is 92.4 Å². The van der Waals surface area contributed by atoms with Gasteiger partial charge in [0, 0.05) is 40.6 Å². The van der Waals surface area contributed by atoms with Gasteiger partial charge in [0.15, 0.2) is 5.43 Å². The van der Waals surface area contributed by atoms with Gasteiger partial charge in [-0.15, -0.1) is 5.16 Å². The monoisotopic (exact) mass is 554 g/mol. The molecule has 0 saturated carbocycles. The van der Waals surface area contributed by atoms with Crippen molar-refractivity contribution in [2.75, 3.05) is 16.8 Å². The maximum absolute atomic E-state index is 13.5. The van der Waals surface area contributed by atoms with Gasteiger partial charge < -0.3 is 24.4 Å². The third-order valence-corrected chi connectivity index (χ3v) is 7.68. The summed E-state index contributed by atoms with van der Waals surface area (Å²) in [6, 6.07) is 11.1. The molecular weight excluding hydrogens is 527 g/mol. The summed E-state index contributed by atoms with van der Waals surface area (Å²) in [5.41, 5.74) is 6.35. The number of aromatic nitrogens is 1. The second-order valence-electron chi connectivity index (χ2n) is 10.2. The Hall–Kier alpha value is -4.08. The van der Waals surface area contributed by atoms with Crippen LogP contribution in [0.2, 0.25) is 5.02 Å². The molecule has 0 aliphatic carbocycles. The maximum Gasteiger partial charge on any atom is 0.585 e. The van der Waals surface area contributed by atoms with E-state index in [2.05, 4.69) is 27.6 Å². The SMILES string of the molecule is Cc1cc([C@H](C)Nc2cccnc2-c2cc(Cl)c3c(c2)C=NOB3O)c2oc(N3C=CCCC3)c(C)c(=O)c2c1. The number of oxime groups is 1. The molecule has 0 bridgehead atoms. The highest BCUT2D eigenvalue weighted by Crippen LogP contribution is 2.35. The van der Waals surface area contributed by atoms with Gasteiger partial charge >= 0.3 is 7.12 Å². The Labute approximate surface area is 237 Å². The molecule has 40 heavy (non-hydrogen) atoms. The first-order valence-electron chi connectivity index (χ1n) is 13.3. The lowest BCUT2D eigenvalue weighted by Gasteiger charge is -2.25. The fraction of sp³-hybridized carbons (Fsp3) is 0.233. The number of halogens is 1. The number of hydrogen-bond donors (Lipinski definition) is 2. The summed E-state index contributed by atoms with van der Waals surface area (Å²) in [6.45, 7) is 6.65. The molecule has 4 heterocycles. The summed E-state index contributed by atoms with van der Waals surface area (Å²) < 4.78 is 11.5. The predicted molar refractivity (Wildman–Crippen MR) is 161 cm³/mol. The van der Waals surface area contributed by atoms with Crippen molar-refractivity contribution < 1.29 is 14.2 Å². The number of fused-ring (bicyclic) bond motifs is 2. The van der Waals surface area contributed by atoms with E-state index in [1.54, 1.807) is 12.3 Å². The number of pyridine rings is 1. The molecule has 1 atom stereocenters. The highest BCUT2D eigenvalue weighted by atomic mass is 35.5. The van der Waals surface area contributed by atoms with Crippen LogP contribution in [0, 0.1) is 13.8 Å². The molecule has 0 spiro atoms. The summed E-state index contributed by atoms with van der Waals surface area (Å²) in [5, 5.41) is 18.4. The number of aryl methyl sites for hydroxylation is 1. The summed E-state index contributed by atoms with van der Waals surface area (Å²) >= 11 is 6.53. The molecule has 0 amide bonds. The number of rotatable bonds is 5. The molecule has 2 aromatic heterocycles. The fourth-order valence-electron chi connectivity index (χ4n) is 5.38. The van der Waals surface area contributed by atoms with E-state index in [4.69, 9.17) is 20.8 Å². The Bertz CT molecular complexity index is 1750. The van der Waals surface area contributed by atoms with Gasteiger partial charge in [-0.3, -0.25) is 9.78 Å². The molecule has 2 aliphatic rings. The van der Waals surface area contributed by atoms with E-state index in [-0.39, 0.29) is 11.5 Å². The zero-order valence-electron chi connectivity index (χ0n) is 22.4. The Balaban J connectivity index is 1.42. The molecule has 10 heteroatoms. The average Bonchev–Trinajstić information content (AvgIpc) is 2.95. The Morgan fingerprint density at radius 3 is 2.88 bits per heavy atom. The average molecular weight is 555 g/mol. The highest BCUT2D eigenvalue weighted by molar-refractivity contribution is 6.65. The minimum absolute atomic E-state index is 0.0222. The first-order valence-corrected chi connectivity index (χ1v) is 13.6. The molecule has 4 aromatic rings. The molecule has 202 valence electrons. The van der Waals surface area contributed by atoms with Crippen molar-refractivity contribution in [1.82, 2.24) is 4.98 Å². The smallest absolute Gasteiger partial charge is 0.439 e. The quantitative estimate of drug-likeness (QED) is 0.316. The standard InChI is InChI=1S/C30H28BClN4O4/c1-17-12-22(29-23(13-17)28(37)18(2)30(39-29)36-10-5-4-6-11-36)19(3)35-25-8-7-9-33-27(25)20-14-21-16-34-40-31(38)26(21)24(32)15-20/h5,7-10,12-16,19,35,38H,4,6,11H2,1-3H3/t19-/m0/s1. The van der Waals surface area contributed by atoms with E-state index in [9.17, 15) is 9.82 Å². The van der Waals surface area contributed by atoms with Crippen LogP contribution in [0.1, 0.15) is 48.1 Å². The predicted octanol–water partition coefficient (Wildman–Crippen LogP) is 5.46. The van der Waals surface area contributed by atoms with E-state index < -0.39 is 7.12 Å². The van der Waals surface area contributed by atoms with Gasteiger partial charge in [-0.05, 0) is 75.1 Å². The van der Waals surface area contributed by atoms with Gasteiger partial charge in [0.2, 0.25) is 5.88 Å². The molecule has 8 nitrogen and oxygen atoms in total. The lowest BCUT2D eigenvalue weighted by atomic mass is 9.75. The number of anilines is 2. The zero-order chi connectivity index (χ0) is 28.0. The topological polar surface area (TPSA) is 100 Å². The zero-order valence-corrected chi connectivity index (χ0v) is 23.2. The molecule has 0 radical (unpaired) electrons. The van der Waals surface area contributed by atoms with Crippen molar-refractivity contribution in [2.24, 2.45) is 5.16 Å². The van der Waals surface area contributed by atoms with Gasteiger partial charge in [0.25, 0.3) is 0 Å². The van der Waals surface area contributed by atoms with Crippen LogP contribution in [0.5, 0.6) is 0 Å². The normalized spacial score (nSPS) is 15.2. The minimum Gasteiger partial charge on any atom is -0.439 e. The Kier molecular flexibility index (Phi) is 6.86. The molecule has 2 aliphatic heterocycles. The van der Waals surface area contributed by atoms with Crippen LogP contribution in [0.25, 0.3) is 22.2 Å². The number of hydrogen-bond acceptors (Lipinski definition) is 8. The molecule has 0 saturated heterocycles. The second kappa shape index (κ2) is 10.5. The van der Waals surface area contributed by atoms with Crippen LogP contribution in [0.4, 0.5) is 11.6 Å². The van der Waals surface area contributed by atoms with Gasteiger partial charge in [0.05, 0.1) is 34.6 Å². The van der Waals surface area contributed by atoms with E-state index in [1.165, 1.54) is 6.21 Å². The van der Waals surface area contributed by atoms with E-state index >= 15 is 0 Å². The van der Waals surface area contributed by atoms with E-state index in [0.717, 1.165) is 41.8 Å². The van der Waals surface area contributed by atoms with Crippen molar-refractivity contribution >= 4 is 52.9 Å². The third kappa shape index (κ3) is 4.65. The van der Waals surface area contributed by atoms with Crippen LogP contribution >= 0.6 is 11.6 Å². The van der Waals surface area contributed by atoms with Crippen LogP contribution in [0.15, 0.2) is 69.2 Å². The van der Waals surface area contributed by atoms with E-state index in [1.807, 2.05) is 56.1 Å². The summed E-state index contributed by atoms with van der Waals surface area (Å²) in [4.78, 5) is 20.2. The fourth-order valence-corrected chi connectivity index (χ4v) is 5.70. The number of allylic oxidation sites excluding steroid dienone is 1. The van der Waals surface area contributed by atoms with Crippen molar-refractivity contribution in [3.8, 4) is 11.3 Å². The largest absolute Gasteiger partial charge is 0.585 e. The lowest BCUT2D eigenvalue weighted by Crippen LogP contribution is -2.38. The summed E-state index contributed by atoms with van der Waals surface area (Å²) in [5.74, 6) is 0.587. The summed E-state index contributed by atoms with van der Waals surface area (Å²) in [6.07, 6.45) is 9.36. The van der Waals surface area contributed by atoms with Crippen LogP contribution in [0.3, 0.4) is 0 Å². The van der Waals surface area contributed by atoms with Gasteiger partial charge in [-0.25, -0.2) is 0 Å². The first-order chi connectivity index (χ1) is 19.3. The number of benzene rings is 2. The minimum atomic E-state index is -1.22. The Morgan fingerprint density at radius 2 is 2.08 bits per heavy atom. The molecule has 0 fully saturated rings. The third-order valence-electron chi connectivity index (χ3n) is 7.36. The number of nitrogens with one attached hydrogen (secondary N) is 1. The van der Waals surface area contributed by atoms with Crippen molar-refractivity contribution in [2.45, 2.75) is 39.7 Å². The van der Waals surface area contributed by atoms with Crippen molar-refractivity contribution in [3.63, 3.8) is 0 Å². The molecule has 2 aromatic carbocycles. The summed E-state index contributed by atoms with van der Waals surface area (Å²) in [7, 11) is -1.22. The first kappa shape index (κ1) is 26.2. The molecule has 2 N–H and O–H groups in total. The van der Waals surface area contributed by atoms with Gasteiger partial charge in [-0.2, -0.15) is 0 Å². The van der Waals surface area contributed by atoms with Crippen LogP contribution < -0.4 is 21.1 Å². The van der Waals surface area contributed by atoms with Gasteiger partial charge in [0.1, 0.15) is 5.58 Å². The van der Waals surface area contributed by atoms with E-state index in [0.29, 0.717) is 44.2 Å². The van der Waals surface area contributed by atoms with Crippen molar-refractivity contribution in [1.29, 1.82) is 0 Å². The molecule has 6 rings (SSSR count). The maximum atomic E-state index is 13.5.